The fourth-order valence-corrected chi connectivity index (χ4v) is 3.00. The predicted octanol–water partition coefficient (Wildman–Crippen LogP) is 2.10. The minimum Gasteiger partial charge on any atom is -0.348 e. The summed E-state index contributed by atoms with van der Waals surface area (Å²) in [4.78, 5) is 24.1. The van der Waals surface area contributed by atoms with Gasteiger partial charge in [-0.3, -0.25) is 9.55 Å². The van der Waals surface area contributed by atoms with Crippen LogP contribution >= 0.6 is 0 Å². The number of hydrogen-bond donors (Lipinski definition) is 0. The Hall–Kier alpha value is -2.83. The molecule has 4 rings (SSSR count). The van der Waals surface area contributed by atoms with Crippen molar-refractivity contribution in [3.63, 3.8) is 0 Å². The second-order valence-corrected chi connectivity index (χ2v) is 5.64. The van der Waals surface area contributed by atoms with Gasteiger partial charge in [0.2, 0.25) is 0 Å². The second kappa shape index (κ2) is 5.75. The van der Waals surface area contributed by atoms with Crippen LogP contribution in [0.4, 0.5) is 5.82 Å². The summed E-state index contributed by atoms with van der Waals surface area (Å²) < 4.78 is 1.87. The third-order valence-corrected chi connectivity index (χ3v) is 4.09. The van der Waals surface area contributed by atoms with Crippen LogP contribution in [0.5, 0.6) is 0 Å². The zero-order valence-corrected chi connectivity index (χ0v) is 12.9. The Morgan fingerprint density at radius 2 is 2.09 bits per heavy atom. The van der Waals surface area contributed by atoms with Crippen molar-refractivity contribution in [3.05, 3.63) is 54.9 Å². The van der Waals surface area contributed by atoms with Crippen LogP contribution in [0.25, 0.3) is 5.82 Å². The molecule has 1 aliphatic rings. The van der Waals surface area contributed by atoms with Crippen LogP contribution in [0.2, 0.25) is 0 Å². The van der Waals surface area contributed by atoms with Crippen molar-refractivity contribution in [3.8, 4) is 5.82 Å². The fourth-order valence-electron chi connectivity index (χ4n) is 3.00. The van der Waals surface area contributed by atoms with E-state index in [9.17, 15) is 0 Å². The first-order valence-corrected chi connectivity index (χ1v) is 7.67. The molecule has 0 N–H and O–H groups in total. The molecule has 4 heterocycles. The fraction of sp³-hybridized carbons (Fsp3) is 0.312. The number of hydrogen-bond acceptors (Lipinski definition) is 6. The highest BCUT2D eigenvalue weighted by Gasteiger charge is 2.28. The standard InChI is InChI=1S/C16H17N7/c1-12-7-15(20-10-19-12)23-5-2-3-14(23)13-8-18-9-16(21-13)22-6-4-17-11-22/h4,6-11,14H,2-3,5H2,1H3. The van der Waals surface area contributed by atoms with Crippen molar-refractivity contribution >= 4 is 5.82 Å². The predicted molar refractivity (Wildman–Crippen MR) is 85.2 cm³/mol. The van der Waals surface area contributed by atoms with E-state index in [0.717, 1.165) is 42.4 Å². The molecule has 1 saturated heterocycles. The van der Waals surface area contributed by atoms with Crippen LogP contribution in [0.1, 0.15) is 30.3 Å². The third-order valence-electron chi connectivity index (χ3n) is 4.09. The molecule has 0 spiro atoms. The van der Waals surface area contributed by atoms with E-state index in [0.29, 0.717) is 0 Å². The molecule has 0 aromatic carbocycles. The molecule has 1 atom stereocenters. The number of aromatic nitrogens is 6. The molecule has 116 valence electrons. The van der Waals surface area contributed by atoms with Crippen LogP contribution in [0.15, 0.2) is 43.5 Å². The maximum absolute atomic E-state index is 4.77. The SMILES string of the molecule is Cc1cc(N2CCCC2c2cncc(-n3ccnc3)n2)ncn1. The molecule has 1 unspecified atom stereocenters. The molecular formula is C16H17N7. The molecule has 0 aliphatic carbocycles. The van der Waals surface area contributed by atoms with E-state index in [2.05, 4.69) is 24.8 Å². The summed E-state index contributed by atoms with van der Waals surface area (Å²) in [5.74, 6) is 1.74. The van der Waals surface area contributed by atoms with Crippen LogP contribution in [-0.4, -0.2) is 36.0 Å². The van der Waals surface area contributed by atoms with E-state index in [1.807, 2.05) is 30.0 Å². The zero-order valence-electron chi connectivity index (χ0n) is 12.9. The first-order chi connectivity index (χ1) is 11.3. The van der Waals surface area contributed by atoms with E-state index in [1.165, 1.54) is 0 Å². The van der Waals surface area contributed by atoms with Gasteiger partial charge in [-0.1, -0.05) is 0 Å². The Morgan fingerprint density at radius 1 is 1.13 bits per heavy atom. The van der Waals surface area contributed by atoms with Gasteiger partial charge in [0.25, 0.3) is 0 Å². The Bertz CT molecular complexity index is 800. The van der Waals surface area contributed by atoms with Crippen LogP contribution in [0.3, 0.4) is 0 Å². The number of aryl methyl sites for hydroxylation is 1. The van der Waals surface area contributed by atoms with Crippen LogP contribution in [0, 0.1) is 6.92 Å². The average Bonchev–Trinajstić information content (AvgIpc) is 3.27. The lowest BCUT2D eigenvalue weighted by molar-refractivity contribution is 0.677. The van der Waals surface area contributed by atoms with Gasteiger partial charge in [-0.05, 0) is 19.8 Å². The molecule has 1 aliphatic heterocycles. The van der Waals surface area contributed by atoms with E-state index in [1.54, 1.807) is 25.0 Å². The van der Waals surface area contributed by atoms with Gasteiger partial charge < -0.3 is 4.90 Å². The van der Waals surface area contributed by atoms with Crippen molar-refractivity contribution in [2.45, 2.75) is 25.8 Å². The molecule has 7 heteroatoms. The molecule has 0 radical (unpaired) electrons. The van der Waals surface area contributed by atoms with Gasteiger partial charge in [0.05, 0.1) is 24.1 Å². The molecular weight excluding hydrogens is 290 g/mol. The monoisotopic (exact) mass is 307 g/mol. The van der Waals surface area contributed by atoms with Gasteiger partial charge in [0, 0.05) is 30.7 Å². The van der Waals surface area contributed by atoms with Crippen molar-refractivity contribution in [1.82, 2.24) is 29.5 Å². The number of anilines is 1. The Morgan fingerprint density at radius 3 is 2.91 bits per heavy atom. The summed E-state index contributed by atoms with van der Waals surface area (Å²) in [6, 6.07) is 2.21. The minimum absolute atomic E-state index is 0.195. The van der Waals surface area contributed by atoms with E-state index in [-0.39, 0.29) is 6.04 Å². The third kappa shape index (κ3) is 2.65. The summed E-state index contributed by atoms with van der Waals surface area (Å²) in [5.41, 5.74) is 1.93. The van der Waals surface area contributed by atoms with Gasteiger partial charge in [-0.25, -0.2) is 19.9 Å². The lowest BCUT2D eigenvalue weighted by Gasteiger charge is -2.25. The summed E-state index contributed by atoms with van der Waals surface area (Å²) >= 11 is 0. The van der Waals surface area contributed by atoms with Gasteiger partial charge in [0.15, 0.2) is 5.82 Å². The van der Waals surface area contributed by atoms with Gasteiger partial charge in [0.1, 0.15) is 18.5 Å². The van der Waals surface area contributed by atoms with E-state index < -0.39 is 0 Å². The van der Waals surface area contributed by atoms with Crippen LogP contribution in [-0.2, 0) is 0 Å². The summed E-state index contributed by atoms with van der Waals surface area (Å²) in [6.07, 6.45) is 12.7. The van der Waals surface area contributed by atoms with Crippen molar-refractivity contribution in [1.29, 1.82) is 0 Å². The van der Waals surface area contributed by atoms with E-state index >= 15 is 0 Å². The normalized spacial score (nSPS) is 17.6. The number of rotatable bonds is 3. The van der Waals surface area contributed by atoms with Crippen molar-refractivity contribution in [2.24, 2.45) is 0 Å². The highest BCUT2D eigenvalue weighted by molar-refractivity contribution is 5.43. The zero-order chi connectivity index (χ0) is 15.6. The average molecular weight is 307 g/mol. The second-order valence-electron chi connectivity index (χ2n) is 5.64. The Labute approximate surface area is 134 Å². The molecule has 0 amide bonds. The molecule has 3 aromatic heterocycles. The van der Waals surface area contributed by atoms with E-state index in [4.69, 9.17) is 4.98 Å². The molecule has 0 saturated carbocycles. The molecule has 23 heavy (non-hydrogen) atoms. The lowest BCUT2D eigenvalue weighted by Crippen LogP contribution is -2.24. The summed E-state index contributed by atoms with van der Waals surface area (Å²) in [5, 5.41) is 0. The van der Waals surface area contributed by atoms with Gasteiger partial charge >= 0.3 is 0 Å². The molecule has 7 nitrogen and oxygen atoms in total. The first kappa shape index (κ1) is 13.8. The number of imidazole rings is 1. The largest absolute Gasteiger partial charge is 0.348 e. The Kier molecular flexibility index (Phi) is 3.45. The maximum Gasteiger partial charge on any atom is 0.156 e. The molecule has 0 bridgehead atoms. The summed E-state index contributed by atoms with van der Waals surface area (Å²) in [7, 11) is 0. The summed E-state index contributed by atoms with van der Waals surface area (Å²) in [6.45, 7) is 2.95. The smallest absolute Gasteiger partial charge is 0.156 e. The highest BCUT2D eigenvalue weighted by atomic mass is 15.2. The van der Waals surface area contributed by atoms with Crippen LogP contribution < -0.4 is 4.90 Å². The lowest BCUT2D eigenvalue weighted by atomic mass is 10.1. The van der Waals surface area contributed by atoms with Crippen molar-refractivity contribution < 1.29 is 0 Å². The van der Waals surface area contributed by atoms with Gasteiger partial charge in [-0.2, -0.15) is 0 Å². The van der Waals surface area contributed by atoms with Gasteiger partial charge in [-0.15, -0.1) is 0 Å². The van der Waals surface area contributed by atoms with Crippen molar-refractivity contribution in [2.75, 3.05) is 11.4 Å². The Balaban J connectivity index is 1.68. The highest BCUT2D eigenvalue weighted by Crippen LogP contribution is 2.34. The maximum atomic E-state index is 4.77. The quantitative estimate of drug-likeness (QED) is 0.738. The first-order valence-electron chi connectivity index (χ1n) is 7.67. The molecule has 3 aromatic rings. The topological polar surface area (TPSA) is 72.6 Å². The minimum atomic E-state index is 0.195. The number of nitrogens with zero attached hydrogens (tertiary/aromatic N) is 7. The molecule has 1 fully saturated rings.